The first-order valence-electron chi connectivity index (χ1n) is 18.2. The van der Waals surface area contributed by atoms with Gasteiger partial charge in [-0.1, -0.05) is 53.5 Å². The molecule has 14 heteroatoms. The Morgan fingerprint density at radius 1 is 0.963 bits per heavy atom. The molecule has 1 aliphatic carbocycles. The Morgan fingerprint density at radius 3 is 2.46 bits per heavy atom. The standard InChI is InChI=1S/C40H43Cl2N7O4S/c1-22-18-31(48-39(52-2)29(22)20-43-19-25-14-15-33(50)46-25)28-8-4-6-26(35(28)41)27-7-5-9-30(36(27)42)47-38-37-32(16-17-44-38)54-34(49-37)21-45-24-12-10-23(11-13-24)40(51)53-3/h4-9,16-18,23-25,43,45H,10-15,19-21H2,1-3H3,(H,44,47)(H,46,50)/t23-,24-,25?. The van der Waals surface area contributed by atoms with Gasteiger partial charge in [-0.05, 0) is 62.8 Å². The van der Waals surface area contributed by atoms with Crippen LogP contribution < -0.4 is 26.0 Å². The van der Waals surface area contributed by atoms with Gasteiger partial charge < -0.3 is 30.7 Å². The molecule has 2 aromatic carbocycles. The molecule has 4 heterocycles. The highest BCUT2D eigenvalue weighted by Gasteiger charge is 2.27. The van der Waals surface area contributed by atoms with Crippen molar-refractivity contribution < 1.29 is 19.1 Å². The lowest BCUT2D eigenvalue weighted by Crippen LogP contribution is -2.35. The Kier molecular flexibility index (Phi) is 11.9. The number of benzene rings is 2. The molecular weight excluding hydrogens is 745 g/mol. The van der Waals surface area contributed by atoms with Crippen molar-refractivity contribution >= 4 is 68.1 Å². The maximum absolute atomic E-state index is 11.9. The predicted molar refractivity (Wildman–Crippen MR) is 215 cm³/mol. The first-order valence-corrected chi connectivity index (χ1v) is 19.7. The predicted octanol–water partition coefficient (Wildman–Crippen LogP) is 7.98. The summed E-state index contributed by atoms with van der Waals surface area (Å²) in [6, 6.07) is 16.1. The summed E-state index contributed by atoms with van der Waals surface area (Å²) in [4.78, 5) is 37.9. The number of halogens is 2. The van der Waals surface area contributed by atoms with Crippen molar-refractivity contribution in [2.45, 2.75) is 70.6 Å². The maximum Gasteiger partial charge on any atom is 0.308 e. The number of ether oxygens (including phenoxy) is 2. The summed E-state index contributed by atoms with van der Waals surface area (Å²) in [6.45, 7) is 3.90. The van der Waals surface area contributed by atoms with E-state index in [4.69, 9.17) is 42.6 Å². The molecule has 1 saturated heterocycles. The molecule has 282 valence electrons. The highest BCUT2D eigenvalue weighted by Crippen LogP contribution is 2.43. The lowest BCUT2D eigenvalue weighted by atomic mass is 9.86. The second kappa shape index (κ2) is 17.0. The van der Waals surface area contributed by atoms with Crippen molar-refractivity contribution in [2.75, 3.05) is 26.1 Å². The molecule has 11 nitrogen and oxygen atoms in total. The molecule has 1 amide bonds. The number of hydrogen-bond donors (Lipinski definition) is 4. The van der Waals surface area contributed by atoms with Crippen LogP contribution in [0.15, 0.2) is 54.7 Å². The van der Waals surface area contributed by atoms with Crippen LogP contribution in [0.1, 0.15) is 54.7 Å². The number of aryl methyl sites for hydroxylation is 1. The second-order valence-electron chi connectivity index (χ2n) is 13.8. The highest BCUT2D eigenvalue weighted by atomic mass is 35.5. The highest BCUT2D eigenvalue weighted by molar-refractivity contribution is 7.18. The van der Waals surface area contributed by atoms with Gasteiger partial charge in [0.05, 0.1) is 46.3 Å². The van der Waals surface area contributed by atoms with E-state index in [0.29, 0.717) is 65.2 Å². The van der Waals surface area contributed by atoms with Crippen LogP contribution in [0, 0.1) is 12.8 Å². The zero-order valence-corrected chi connectivity index (χ0v) is 32.8. The molecule has 54 heavy (non-hydrogen) atoms. The average molecular weight is 789 g/mol. The van der Waals surface area contributed by atoms with Crippen molar-refractivity contribution in [3.63, 3.8) is 0 Å². The van der Waals surface area contributed by atoms with Crippen LogP contribution in [-0.4, -0.2) is 59.7 Å². The third-order valence-corrected chi connectivity index (χ3v) is 12.1. The minimum atomic E-state index is -0.109. The maximum atomic E-state index is 11.9. The molecule has 1 atom stereocenters. The molecule has 1 unspecified atom stereocenters. The van der Waals surface area contributed by atoms with E-state index in [-0.39, 0.29) is 23.8 Å². The number of pyridine rings is 2. The Hall–Kier alpha value is -4.33. The summed E-state index contributed by atoms with van der Waals surface area (Å²) >= 11 is 15.9. The van der Waals surface area contributed by atoms with E-state index in [9.17, 15) is 9.59 Å². The summed E-state index contributed by atoms with van der Waals surface area (Å²) in [5, 5.41) is 15.5. The SMILES string of the molecule is COc1nc(-c2cccc(-c3cccc(Nc4nccc5sc(CN[C@H]6CC[C@H](C(=O)OC)CC6)nc45)c3Cl)c2Cl)cc(C)c1CNCC1CCC(=O)N1. The summed E-state index contributed by atoms with van der Waals surface area (Å²) in [5.41, 5.74) is 6.37. The summed E-state index contributed by atoms with van der Waals surface area (Å²) in [6.07, 6.45) is 6.70. The molecule has 4 N–H and O–H groups in total. The van der Waals surface area contributed by atoms with Crippen LogP contribution in [0.2, 0.25) is 10.0 Å². The number of nitrogens with one attached hydrogen (secondary N) is 4. The van der Waals surface area contributed by atoms with E-state index in [2.05, 4.69) is 26.3 Å². The molecule has 1 aliphatic heterocycles. The number of anilines is 2. The summed E-state index contributed by atoms with van der Waals surface area (Å²) in [7, 11) is 3.07. The van der Waals surface area contributed by atoms with E-state index in [1.165, 1.54) is 7.11 Å². The Balaban J connectivity index is 1.07. The number of carbonyl (C=O) groups is 2. The van der Waals surface area contributed by atoms with Gasteiger partial charge in [-0.15, -0.1) is 11.3 Å². The summed E-state index contributed by atoms with van der Waals surface area (Å²) < 4.78 is 11.7. The molecule has 5 aromatic rings. The van der Waals surface area contributed by atoms with Crippen molar-refractivity contribution in [2.24, 2.45) is 5.92 Å². The van der Waals surface area contributed by atoms with Gasteiger partial charge in [0.1, 0.15) is 10.5 Å². The molecule has 3 aromatic heterocycles. The molecule has 2 fully saturated rings. The minimum absolute atomic E-state index is 0.00295. The van der Waals surface area contributed by atoms with Gasteiger partial charge in [0.15, 0.2) is 5.82 Å². The van der Waals surface area contributed by atoms with Gasteiger partial charge in [-0.3, -0.25) is 9.59 Å². The first kappa shape index (κ1) is 38.0. The van der Waals surface area contributed by atoms with Crippen LogP contribution in [-0.2, 0) is 27.4 Å². The Bertz CT molecular complexity index is 2170. The fourth-order valence-electron chi connectivity index (χ4n) is 7.30. The number of hydrogen-bond acceptors (Lipinski definition) is 11. The van der Waals surface area contributed by atoms with Gasteiger partial charge in [0.25, 0.3) is 0 Å². The fraction of sp³-hybridized carbons (Fsp3) is 0.375. The monoisotopic (exact) mass is 787 g/mol. The number of aromatic nitrogens is 3. The van der Waals surface area contributed by atoms with E-state index in [1.807, 2.05) is 55.5 Å². The number of amides is 1. The number of nitrogens with zero attached hydrogens (tertiary/aromatic N) is 3. The third kappa shape index (κ3) is 8.33. The average Bonchev–Trinajstić information content (AvgIpc) is 3.81. The number of methoxy groups -OCH3 is 2. The molecule has 2 aliphatic rings. The largest absolute Gasteiger partial charge is 0.481 e. The molecule has 0 bridgehead atoms. The first-order chi connectivity index (χ1) is 26.2. The van der Waals surface area contributed by atoms with E-state index in [1.54, 1.807) is 24.6 Å². The molecule has 7 rings (SSSR count). The van der Waals surface area contributed by atoms with E-state index < -0.39 is 0 Å². The minimum Gasteiger partial charge on any atom is -0.481 e. The normalized spacial score (nSPS) is 18.5. The Morgan fingerprint density at radius 2 is 1.72 bits per heavy atom. The van der Waals surface area contributed by atoms with Crippen LogP contribution in [0.4, 0.5) is 11.5 Å². The lowest BCUT2D eigenvalue weighted by molar-refractivity contribution is -0.146. The van der Waals surface area contributed by atoms with Gasteiger partial charge in [-0.2, -0.15) is 0 Å². The van der Waals surface area contributed by atoms with Crippen molar-refractivity contribution in [3.05, 3.63) is 80.9 Å². The Labute approximate surface area is 328 Å². The van der Waals surface area contributed by atoms with E-state index >= 15 is 0 Å². The topological polar surface area (TPSA) is 139 Å². The third-order valence-electron chi connectivity index (χ3n) is 10.3. The van der Waals surface area contributed by atoms with Crippen LogP contribution in [0.5, 0.6) is 5.88 Å². The second-order valence-corrected chi connectivity index (χ2v) is 15.6. The van der Waals surface area contributed by atoms with Gasteiger partial charge in [0, 0.05) is 66.6 Å². The molecule has 0 spiro atoms. The van der Waals surface area contributed by atoms with E-state index in [0.717, 1.165) is 75.1 Å². The smallest absolute Gasteiger partial charge is 0.308 e. The van der Waals surface area contributed by atoms with Crippen LogP contribution in [0.3, 0.4) is 0 Å². The fourth-order valence-corrected chi connectivity index (χ4v) is 8.81. The van der Waals surface area contributed by atoms with Crippen LogP contribution >= 0.6 is 34.5 Å². The van der Waals surface area contributed by atoms with Crippen molar-refractivity contribution in [1.82, 2.24) is 30.9 Å². The van der Waals surface area contributed by atoms with Gasteiger partial charge in [0.2, 0.25) is 11.8 Å². The summed E-state index contributed by atoms with van der Waals surface area (Å²) in [5.74, 6) is 1.12. The van der Waals surface area contributed by atoms with Crippen molar-refractivity contribution in [1.29, 1.82) is 0 Å². The number of carbonyl (C=O) groups excluding carboxylic acids is 2. The van der Waals surface area contributed by atoms with Gasteiger partial charge in [-0.25, -0.2) is 15.0 Å². The number of thiazole rings is 1. The molecule has 0 radical (unpaired) electrons. The number of fused-ring (bicyclic) bond motifs is 1. The van der Waals surface area contributed by atoms with Gasteiger partial charge >= 0.3 is 5.97 Å². The number of esters is 1. The molecular formula is C40H43Cl2N7O4S. The quantitative estimate of drug-likeness (QED) is 0.0869. The van der Waals surface area contributed by atoms with Crippen molar-refractivity contribution in [3.8, 4) is 28.3 Å². The zero-order chi connectivity index (χ0) is 37.8. The number of rotatable bonds is 13. The lowest BCUT2D eigenvalue weighted by Gasteiger charge is -2.27. The zero-order valence-electron chi connectivity index (χ0n) is 30.4. The van der Waals surface area contributed by atoms with Crippen LogP contribution in [0.25, 0.3) is 32.6 Å². The molecule has 1 saturated carbocycles.